The van der Waals surface area contributed by atoms with Gasteiger partial charge in [-0.3, -0.25) is 4.79 Å². The van der Waals surface area contributed by atoms with Crippen LogP contribution in [0, 0.1) is 0 Å². The molecule has 6 heteroatoms. The Morgan fingerprint density at radius 2 is 1.73 bits per heavy atom. The summed E-state index contributed by atoms with van der Waals surface area (Å²) in [6.45, 7) is 6.21. The second-order valence-electron chi connectivity index (χ2n) is 5.72. The lowest BCUT2D eigenvalue weighted by atomic mass is 10.2. The van der Waals surface area contributed by atoms with Crippen LogP contribution in [0.25, 0.3) is 6.08 Å². The van der Waals surface area contributed by atoms with E-state index in [2.05, 4.69) is 41.2 Å². The van der Waals surface area contributed by atoms with Crippen molar-refractivity contribution in [2.24, 2.45) is 4.99 Å². The monoisotopic (exact) mass is 385 g/mol. The highest BCUT2D eigenvalue weighted by Crippen LogP contribution is 2.29. The molecule has 0 spiro atoms. The summed E-state index contributed by atoms with van der Waals surface area (Å²) in [6.07, 6.45) is 1.84. The van der Waals surface area contributed by atoms with Crippen molar-refractivity contribution in [1.29, 1.82) is 0 Å². The van der Waals surface area contributed by atoms with E-state index >= 15 is 0 Å². The molecule has 0 bridgehead atoms. The first-order valence-electron chi connectivity index (χ1n) is 8.49. The van der Waals surface area contributed by atoms with E-state index in [0.717, 1.165) is 24.3 Å². The molecule has 0 saturated carbocycles. The van der Waals surface area contributed by atoms with Crippen LogP contribution in [0.2, 0.25) is 5.02 Å². The van der Waals surface area contributed by atoms with E-state index in [-0.39, 0.29) is 5.91 Å². The highest BCUT2D eigenvalue weighted by Gasteiger charge is 2.23. The van der Waals surface area contributed by atoms with Gasteiger partial charge in [-0.1, -0.05) is 23.7 Å². The van der Waals surface area contributed by atoms with Gasteiger partial charge in [0.15, 0.2) is 5.17 Å². The van der Waals surface area contributed by atoms with Gasteiger partial charge in [0.1, 0.15) is 0 Å². The molecule has 2 aromatic carbocycles. The molecule has 0 aliphatic carbocycles. The molecule has 4 nitrogen and oxygen atoms in total. The summed E-state index contributed by atoms with van der Waals surface area (Å²) in [5.74, 6) is -0.136. The number of carbonyl (C=O) groups is 1. The summed E-state index contributed by atoms with van der Waals surface area (Å²) < 4.78 is 0. The normalized spacial score (nSPS) is 17.0. The Kier molecular flexibility index (Phi) is 6.01. The molecule has 3 rings (SSSR count). The van der Waals surface area contributed by atoms with Gasteiger partial charge in [-0.15, -0.1) is 0 Å². The number of nitrogens with one attached hydrogen (secondary N) is 1. The summed E-state index contributed by atoms with van der Waals surface area (Å²) in [6, 6.07) is 15.4. The molecule has 1 saturated heterocycles. The molecule has 0 atom stereocenters. The number of nitrogens with zero attached hydrogens (tertiary/aromatic N) is 2. The van der Waals surface area contributed by atoms with Crippen LogP contribution in [0.1, 0.15) is 19.4 Å². The highest BCUT2D eigenvalue weighted by atomic mass is 35.5. The zero-order chi connectivity index (χ0) is 18.5. The van der Waals surface area contributed by atoms with Crippen molar-refractivity contribution in [1.82, 2.24) is 5.32 Å². The molecule has 0 radical (unpaired) electrons. The Morgan fingerprint density at radius 1 is 1.08 bits per heavy atom. The number of amidine groups is 1. The first-order chi connectivity index (χ1) is 12.6. The number of benzene rings is 2. The summed E-state index contributed by atoms with van der Waals surface area (Å²) in [5, 5.41) is 4.07. The maximum absolute atomic E-state index is 12.2. The topological polar surface area (TPSA) is 44.7 Å². The predicted octanol–water partition coefficient (Wildman–Crippen LogP) is 5.08. The van der Waals surface area contributed by atoms with Crippen molar-refractivity contribution in [2.75, 3.05) is 18.0 Å². The number of carbonyl (C=O) groups excluding carboxylic acids is 1. The summed E-state index contributed by atoms with van der Waals surface area (Å²) >= 11 is 7.23. The van der Waals surface area contributed by atoms with Gasteiger partial charge in [0, 0.05) is 23.8 Å². The van der Waals surface area contributed by atoms with Gasteiger partial charge in [0.2, 0.25) is 0 Å². The second kappa shape index (κ2) is 8.43. The number of aliphatic imine (C=N–C) groups is 1. The van der Waals surface area contributed by atoms with Crippen LogP contribution in [-0.2, 0) is 4.79 Å². The first kappa shape index (κ1) is 18.5. The SMILES string of the molecule is CCN(CC)c1ccc(N=C2NC(=O)C(=Cc3ccc(Cl)cc3)S2)cc1. The molecule has 26 heavy (non-hydrogen) atoms. The number of hydrogen-bond donors (Lipinski definition) is 1. The molecule has 134 valence electrons. The minimum absolute atomic E-state index is 0.136. The lowest BCUT2D eigenvalue weighted by Crippen LogP contribution is -2.21. The van der Waals surface area contributed by atoms with E-state index in [9.17, 15) is 4.79 Å². The van der Waals surface area contributed by atoms with Crippen LogP contribution < -0.4 is 10.2 Å². The van der Waals surface area contributed by atoms with Gasteiger partial charge in [-0.05, 0) is 73.6 Å². The van der Waals surface area contributed by atoms with Gasteiger partial charge in [-0.25, -0.2) is 4.99 Å². The predicted molar refractivity (Wildman–Crippen MR) is 112 cm³/mol. The van der Waals surface area contributed by atoms with E-state index in [1.165, 1.54) is 17.4 Å². The average molecular weight is 386 g/mol. The Morgan fingerprint density at radius 3 is 2.35 bits per heavy atom. The Hall–Kier alpha value is -2.24. The van der Waals surface area contributed by atoms with Crippen LogP contribution in [0.5, 0.6) is 0 Å². The molecule has 1 aliphatic rings. The number of thioether (sulfide) groups is 1. The highest BCUT2D eigenvalue weighted by molar-refractivity contribution is 8.18. The van der Waals surface area contributed by atoms with E-state index in [1.807, 2.05) is 30.3 Å². The zero-order valence-electron chi connectivity index (χ0n) is 14.7. The molecule has 2 aromatic rings. The van der Waals surface area contributed by atoms with E-state index in [0.29, 0.717) is 15.1 Å². The third-order valence-corrected chi connectivity index (χ3v) is 5.19. The third kappa shape index (κ3) is 4.48. The molecule has 1 aliphatic heterocycles. The van der Waals surface area contributed by atoms with E-state index < -0.39 is 0 Å². The molecule has 1 N–H and O–H groups in total. The minimum Gasteiger partial charge on any atom is -0.372 e. The van der Waals surface area contributed by atoms with Crippen molar-refractivity contribution in [3.05, 3.63) is 64.0 Å². The number of hydrogen-bond acceptors (Lipinski definition) is 4. The van der Waals surface area contributed by atoms with Crippen molar-refractivity contribution in [3.8, 4) is 0 Å². The van der Waals surface area contributed by atoms with Gasteiger partial charge in [0.05, 0.1) is 10.6 Å². The van der Waals surface area contributed by atoms with Gasteiger partial charge in [-0.2, -0.15) is 0 Å². The van der Waals surface area contributed by atoms with Crippen LogP contribution in [0.4, 0.5) is 11.4 Å². The lowest BCUT2D eigenvalue weighted by molar-refractivity contribution is -0.115. The number of rotatable bonds is 5. The Balaban J connectivity index is 1.74. The maximum Gasteiger partial charge on any atom is 0.264 e. The molecule has 0 unspecified atom stereocenters. The largest absolute Gasteiger partial charge is 0.372 e. The fraction of sp³-hybridized carbons (Fsp3) is 0.200. The second-order valence-corrected chi connectivity index (χ2v) is 7.19. The van der Waals surface area contributed by atoms with Crippen LogP contribution >= 0.6 is 23.4 Å². The number of amides is 1. The minimum atomic E-state index is -0.136. The smallest absolute Gasteiger partial charge is 0.264 e. The fourth-order valence-electron chi connectivity index (χ4n) is 2.63. The number of anilines is 1. The van der Waals surface area contributed by atoms with Crippen molar-refractivity contribution in [2.45, 2.75) is 13.8 Å². The zero-order valence-corrected chi connectivity index (χ0v) is 16.3. The summed E-state index contributed by atoms with van der Waals surface area (Å²) in [5.41, 5.74) is 2.92. The standard InChI is InChI=1S/C20H20ClN3OS/c1-3-24(4-2)17-11-9-16(10-12-17)22-20-23-19(25)18(26-20)13-14-5-7-15(21)8-6-14/h5-13H,3-4H2,1-2H3,(H,22,23,25). The lowest BCUT2D eigenvalue weighted by Gasteiger charge is -2.20. The average Bonchev–Trinajstić information content (AvgIpc) is 2.98. The van der Waals surface area contributed by atoms with Crippen molar-refractivity contribution >= 4 is 51.9 Å². The molecule has 0 aromatic heterocycles. The summed E-state index contributed by atoms with van der Waals surface area (Å²) in [7, 11) is 0. The number of halogens is 1. The molecule has 1 fully saturated rings. The molecule has 1 heterocycles. The van der Waals surface area contributed by atoms with Crippen LogP contribution in [-0.4, -0.2) is 24.2 Å². The Bertz CT molecular complexity index is 840. The molecule has 1 amide bonds. The van der Waals surface area contributed by atoms with Crippen molar-refractivity contribution in [3.63, 3.8) is 0 Å². The third-order valence-electron chi connectivity index (χ3n) is 4.03. The van der Waals surface area contributed by atoms with Gasteiger partial charge >= 0.3 is 0 Å². The van der Waals surface area contributed by atoms with E-state index in [4.69, 9.17) is 11.6 Å². The van der Waals surface area contributed by atoms with Gasteiger partial charge < -0.3 is 10.2 Å². The first-order valence-corrected chi connectivity index (χ1v) is 9.68. The maximum atomic E-state index is 12.2. The van der Waals surface area contributed by atoms with Crippen molar-refractivity contribution < 1.29 is 4.79 Å². The Labute approximate surface area is 163 Å². The van der Waals surface area contributed by atoms with Gasteiger partial charge in [0.25, 0.3) is 5.91 Å². The summed E-state index contributed by atoms with van der Waals surface area (Å²) in [4.78, 5) is 19.6. The molecular weight excluding hydrogens is 366 g/mol. The van der Waals surface area contributed by atoms with Crippen LogP contribution in [0.3, 0.4) is 0 Å². The molecular formula is C20H20ClN3OS. The fourth-order valence-corrected chi connectivity index (χ4v) is 3.60. The van der Waals surface area contributed by atoms with Crippen LogP contribution in [0.15, 0.2) is 58.4 Å². The van der Waals surface area contributed by atoms with E-state index in [1.54, 1.807) is 12.1 Å². The quantitative estimate of drug-likeness (QED) is 0.730.